The van der Waals surface area contributed by atoms with Crippen LogP contribution in [0.3, 0.4) is 0 Å². The Bertz CT molecular complexity index is 108. The van der Waals surface area contributed by atoms with E-state index in [9.17, 15) is 0 Å². The van der Waals surface area contributed by atoms with E-state index in [1.54, 1.807) is 0 Å². The van der Waals surface area contributed by atoms with Crippen molar-refractivity contribution in [1.82, 2.24) is 4.90 Å². The zero-order valence-corrected chi connectivity index (χ0v) is 9.06. The Morgan fingerprint density at radius 1 is 1.17 bits per heavy atom. The number of hydrogen-bond donors (Lipinski definition) is 1. The van der Waals surface area contributed by atoms with Gasteiger partial charge in [-0.3, -0.25) is 0 Å². The van der Waals surface area contributed by atoms with Gasteiger partial charge in [-0.05, 0) is 32.9 Å². The minimum Gasteiger partial charge on any atom is -0.324 e. The predicted molar refractivity (Wildman–Crippen MR) is 55.3 cm³/mol. The molecule has 12 heavy (non-hydrogen) atoms. The number of rotatable bonds is 6. The van der Waals surface area contributed by atoms with Gasteiger partial charge in [0.25, 0.3) is 0 Å². The molecular weight excluding hydrogens is 148 g/mol. The van der Waals surface area contributed by atoms with Crippen LogP contribution in [-0.4, -0.2) is 30.6 Å². The van der Waals surface area contributed by atoms with Crippen molar-refractivity contribution in [3.05, 3.63) is 0 Å². The van der Waals surface area contributed by atoms with E-state index in [0.717, 1.165) is 25.9 Å². The van der Waals surface area contributed by atoms with Crippen LogP contribution in [0.1, 0.15) is 40.0 Å². The fourth-order valence-corrected chi connectivity index (χ4v) is 1.47. The molecule has 0 spiro atoms. The molecule has 2 N–H and O–H groups in total. The summed E-state index contributed by atoms with van der Waals surface area (Å²) >= 11 is 0. The molecule has 0 aliphatic carbocycles. The van der Waals surface area contributed by atoms with E-state index in [-0.39, 0.29) is 5.54 Å². The fraction of sp³-hybridized carbons (Fsp3) is 1.00. The molecule has 0 aliphatic heterocycles. The Kier molecular flexibility index (Phi) is 5.51. The smallest absolute Gasteiger partial charge is 0.0278 e. The van der Waals surface area contributed by atoms with Gasteiger partial charge < -0.3 is 10.6 Å². The third kappa shape index (κ3) is 4.07. The zero-order valence-electron chi connectivity index (χ0n) is 9.06. The maximum absolute atomic E-state index is 6.19. The minimum absolute atomic E-state index is 0.0317. The first-order valence-corrected chi connectivity index (χ1v) is 5.05. The summed E-state index contributed by atoms with van der Waals surface area (Å²) < 4.78 is 0. The van der Waals surface area contributed by atoms with Crippen molar-refractivity contribution in [3.63, 3.8) is 0 Å². The number of likely N-dealkylation sites (N-methyl/N-ethyl adjacent to an activating group) is 1. The van der Waals surface area contributed by atoms with Crippen molar-refractivity contribution < 1.29 is 0 Å². The number of hydrogen-bond acceptors (Lipinski definition) is 2. The van der Waals surface area contributed by atoms with Gasteiger partial charge in [-0.15, -0.1) is 0 Å². The van der Waals surface area contributed by atoms with Crippen LogP contribution in [0, 0.1) is 0 Å². The molecule has 0 aromatic rings. The second-order valence-corrected chi connectivity index (χ2v) is 3.81. The highest BCUT2D eigenvalue weighted by atomic mass is 15.1. The average Bonchev–Trinajstić information content (AvgIpc) is 2.05. The Morgan fingerprint density at radius 3 is 2.00 bits per heavy atom. The maximum Gasteiger partial charge on any atom is 0.0278 e. The first kappa shape index (κ1) is 11.9. The molecule has 2 heteroatoms. The summed E-state index contributed by atoms with van der Waals surface area (Å²) in [4.78, 5) is 2.33. The van der Waals surface area contributed by atoms with Crippen LogP contribution < -0.4 is 5.73 Å². The molecule has 74 valence electrons. The van der Waals surface area contributed by atoms with Crippen LogP contribution in [-0.2, 0) is 0 Å². The third-order valence-electron chi connectivity index (χ3n) is 2.60. The van der Waals surface area contributed by atoms with E-state index in [2.05, 4.69) is 32.7 Å². The van der Waals surface area contributed by atoms with Gasteiger partial charge >= 0.3 is 0 Å². The SMILES string of the molecule is CCCN(C)CC(N)(CC)CC. The Labute approximate surface area is 77.1 Å². The van der Waals surface area contributed by atoms with Gasteiger partial charge in [-0.1, -0.05) is 20.8 Å². The molecule has 2 nitrogen and oxygen atoms in total. The van der Waals surface area contributed by atoms with Crippen LogP contribution >= 0.6 is 0 Å². The monoisotopic (exact) mass is 172 g/mol. The molecule has 0 aliphatic rings. The summed E-state index contributed by atoms with van der Waals surface area (Å²) in [6.45, 7) is 8.71. The molecular formula is C10H24N2. The molecule has 0 saturated heterocycles. The maximum atomic E-state index is 6.19. The molecule has 0 unspecified atom stereocenters. The van der Waals surface area contributed by atoms with Crippen LogP contribution in [0.4, 0.5) is 0 Å². The van der Waals surface area contributed by atoms with E-state index in [4.69, 9.17) is 5.73 Å². The quantitative estimate of drug-likeness (QED) is 0.662. The van der Waals surface area contributed by atoms with Crippen molar-refractivity contribution in [2.24, 2.45) is 5.73 Å². The topological polar surface area (TPSA) is 29.3 Å². The standard InChI is InChI=1S/C10H24N2/c1-5-8-12(4)9-10(11,6-2)7-3/h5-9,11H2,1-4H3. The van der Waals surface area contributed by atoms with E-state index >= 15 is 0 Å². The van der Waals surface area contributed by atoms with Gasteiger partial charge in [0.1, 0.15) is 0 Å². The Balaban J connectivity index is 3.84. The number of nitrogens with two attached hydrogens (primary N) is 1. The van der Waals surface area contributed by atoms with Crippen molar-refractivity contribution in [2.75, 3.05) is 20.1 Å². The van der Waals surface area contributed by atoms with Crippen LogP contribution in [0.15, 0.2) is 0 Å². The summed E-state index contributed by atoms with van der Waals surface area (Å²) in [7, 11) is 2.15. The van der Waals surface area contributed by atoms with Gasteiger partial charge in [0.05, 0.1) is 0 Å². The Hall–Kier alpha value is -0.0800. The lowest BCUT2D eigenvalue weighted by molar-refractivity contribution is 0.234. The van der Waals surface area contributed by atoms with Crippen molar-refractivity contribution in [1.29, 1.82) is 0 Å². The normalized spacial score (nSPS) is 12.5. The summed E-state index contributed by atoms with van der Waals surface area (Å²) in [5.41, 5.74) is 6.22. The second-order valence-electron chi connectivity index (χ2n) is 3.81. The van der Waals surface area contributed by atoms with Crippen molar-refractivity contribution in [2.45, 2.75) is 45.6 Å². The first-order valence-electron chi connectivity index (χ1n) is 5.05. The predicted octanol–water partition coefficient (Wildman–Crippen LogP) is 1.85. The number of nitrogens with zero attached hydrogens (tertiary/aromatic N) is 1. The molecule has 0 saturated carbocycles. The largest absolute Gasteiger partial charge is 0.324 e. The van der Waals surface area contributed by atoms with Gasteiger partial charge in [0, 0.05) is 12.1 Å². The average molecular weight is 172 g/mol. The van der Waals surface area contributed by atoms with E-state index in [1.165, 1.54) is 6.42 Å². The second kappa shape index (κ2) is 5.55. The molecule has 0 bridgehead atoms. The van der Waals surface area contributed by atoms with Crippen molar-refractivity contribution in [3.8, 4) is 0 Å². The highest BCUT2D eigenvalue weighted by molar-refractivity contribution is 4.83. The van der Waals surface area contributed by atoms with Crippen LogP contribution in [0.5, 0.6) is 0 Å². The molecule has 0 atom stereocenters. The van der Waals surface area contributed by atoms with Gasteiger partial charge in [0.15, 0.2) is 0 Å². The third-order valence-corrected chi connectivity index (χ3v) is 2.60. The van der Waals surface area contributed by atoms with Gasteiger partial charge in [-0.25, -0.2) is 0 Å². The molecule has 0 fully saturated rings. The van der Waals surface area contributed by atoms with Gasteiger partial charge in [0.2, 0.25) is 0 Å². The molecule has 0 aromatic carbocycles. The van der Waals surface area contributed by atoms with E-state index in [0.29, 0.717) is 0 Å². The van der Waals surface area contributed by atoms with Gasteiger partial charge in [-0.2, -0.15) is 0 Å². The summed E-state index contributed by atoms with van der Waals surface area (Å²) in [6, 6.07) is 0. The van der Waals surface area contributed by atoms with Crippen LogP contribution in [0.25, 0.3) is 0 Å². The molecule has 0 amide bonds. The molecule has 0 rings (SSSR count). The minimum atomic E-state index is 0.0317. The lowest BCUT2D eigenvalue weighted by Gasteiger charge is -2.31. The molecule has 0 radical (unpaired) electrons. The molecule has 0 heterocycles. The first-order chi connectivity index (χ1) is 5.58. The van der Waals surface area contributed by atoms with Crippen LogP contribution in [0.2, 0.25) is 0 Å². The summed E-state index contributed by atoms with van der Waals surface area (Å²) in [6.07, 6.45) is 3.34. The highest BCUT2D eigenvalue weighted by Gasteiger charge is 2.21. The summed E-state index contributed by atoms with van der Waals surface area (Å²) in [5, 5.41) is 0. The van der Waals surface area contributed by atoms with E-state index < -0.39 is 0 Å². The lowest BCUT2D eigenvalue weighted by atomic mass is 9.94. The Morgan fingerprint density at radius 2 is 1.67 bits per heavy atom. The fourth-order valence-electron chi connectivity index (χ4n) is 1.47. The molecule has 0 aromatic heterocycles. The van der Waals surface area contributed by atoms with E-state index in [1.807, 2.05) is 0 Å². The zero-order chi connectivity index (χ0) is 9.61. The summed E-state index contributed by atoms with van der Waals surface area (Å²) in [5.74, 6) is 0. The lowest BCUT2D eigenvalue weighted by Crippen LogP contribution is -2.48. The highest BCUT2D eigenvalue weighted by Crippen LogP contribution is 2.12. The van der Waals surface area contributed by atoms with Crippen molar-refractivity contribution >= 4 is 0 Å².